The monoisotopic (exact) mass is 360 g/mol. The quantitative estimate of drug-likeness (QED) is 0.555. The van der Waals surface area contributed by atoms with E-state index in [-0.39, 0.29) is 6.03 Å². The normalized spacial score (nSPS) is 10.8. The second kappa shape index (κ2) is 7.74. The summed E-state index contributed by atoms with van der Waals surface area (Å²) in [6.45, 7) is 1.23. The lowest BCUT2D eigenvalue weighted by Gasteiger charge is -2.08. The number of aromatic nitrogens is 4. The Kier molecular flexibility index (Phi) is 4.82. The summed E-state index contributed by atoms with van der Waals surface area (Å²) in [4.78, 5) is 16.6. The standard InChI is InChI=1S/C20H20N6O/c27-20(21-11-9-18-15-25-12-2-1-4-19(25)23-18)24-17-7-5-16(6-8-17)14-26-13-3-10-22-26/h1-8,10,12-13,15H,9,11,14H2,(H2,21,24,27). The molecule has 136 valence electrons. The van der Waals surface area contributed by atoms with Crippen molar-refractivity contribution in [1.82, 2.24) is 24.5 Å². The van der Waals surface area contributed by atoms with E-state index in [9.17, 15) is 4.79 Å². The van der Waals surface area contributed by atoms with Gasteiger partial charge in [0.1, 0.15) is 5.65 Å². The van der Waals surface area contributed by atoms with Gasteiger partial charge in [-0.15, -0.1) is 0 Å². The number of fused-ring (bicyclic) bond motifs is 1. The molecule has 3 heterocycles. The highest BCUT2D eigenvalue weighted by Gasteiger charge is 2.04. The Balaban J connectivity index is 1.25. The van der Waals surface area contributed by atoms with Gasteiger partial charge in [-0.25, -0.2) is 9.78 Å². The number of benzene rings is 1. The number of nitrogens with zero attached hydrogens (tertiary/aromatic N) is 4. The molecule has 4 rings (SSSR count). The first-order valence-corrected chi connectivity index (χ1v) is 8.80. The molecule has 0 unspecified atom stereocenters. The van der Waals surface area contributed by atoms with Crippen molar-refractivity contribution in [2.24, 2.45) is 0 Å². The van der Waals surface area contributed by atoms with Gasteiger partial charge in [0.25, 0.3) is 0 Å². The van der Waals surface area contributed by atoms with Crippen molar-refractivity contribution in [3.8, 4) is 0 Å². The van der Waals surface area contributed by atoms with Crippen LogP contribution in [0, 0.1) is 0 Å². The summed E-state index contributed by atoms with van der Waals surface area (Å²) < 4.78 is 3.83. The van der Waals surface area contributed by atoms with Crippen LogP contribution in [0.15, 0.2) is 73.3 Å². The smallest absolute Gasteiger partial charge is 0.319 e. The second-order valence-corrected chi connectivity index (χ2v) is 6.23. The van der Waals surface area contributed by atoms with Gasteiger partial charge in [0.05, 0.1) is 12.2 Å². The van der Waals surface area contributed by atoms with Gasteiger partial charge in [-0.3, -0.25) is 4.68 Å². The molecule has 0 fully saturated rings. The average Bonchev–Trinajstić information content (AvgIpc) is 3.32. The number of nitrogens with one attached hydrogen (secondary N) is 2. The lowest BCUT2D eigenvalue weighted by molar-refractivity contribution is 0.252. The number of imidazole rings is 1. The Morgan fingerprint density at radius 2 is 1.93 bits per heavy atom. The molecule has 7 nitrogen and oxygen atoms in total. The Hall–Kier alpha value is -3.61. The van der Waals surface area contributed by atoms with Crippen molar-refractivity contribution in [1.29, 1.82) is 0 Å². The van der Waals surface area contributed by atoms with Crippen molar-refractivity contribution in [2.45, 2.75) is 13.0 Å². The SMILES string of the molecule is O=C(NCCc1cn2ccccc2n1)Nc1ccc(Cn2cccn2)cc1. The summed E-state index contributed by atoms with van der Waals surface area (Å²) in [5.74, 6) is 0. The van der Waals surface area contributed by atoms with E-state index in [4.69, 9.17) is 0 Å². The molecule has 0 saturated heterocycles. The second-order valence-electron chi connectivity index (χ2n) is 6.23. The molecular weight excluding hydrogens is 340 g/mol. The van der Waals surface area contributed by atoms with E-state index >= 15 is 0 Å². The van der Waals surface area contributed by atoms with Gasteiger partial charge in [-0.05, 0) is 35.9 Å². The molecule has 0 aliphatic rings. The van der Waals surface area contributed by atoms with Crippen LogP contribution in [0.3, 0.4) is 0 Å². The van der Waals surface area contributed by atoms with Crippen molar-refractivity contribution in [3.63, 3.8) is 0 Å². The maximum Gasteiger partial charge on any atom is 0.319 e. The van der Waals surface area contributed by atoms with E-state index < -0.39 is 0 Å². The highest BCUT2D eigenvalue weighted by Crippen LogP contribution is 2.10. The lowest BCUT2D eigenvalue weighted by Crippen LogP contribution is -2.30. The first kappa shape index (κ1) is 16.8. The molecule has 0 atom stereocenters. The molecule has 2 amide bonds. The van der Waals surface area contributed by atoms with Gasteiger partial charge in [0, 0.05) is 43.4 Å². The van der Waals surface area contributed by atoms with Crippen LogP contribution in [0.4, 0.5) is 10.5 Å². The van der Waals surface area contributed by atoms with Crippen LogP contribution in [0.2, 0.25) is 0 Å². The van der Waals surface area contributed by atoms with Crippen LogP contribution < -0.4 is 10.6 Å². The lowest BCUT2D eigenvalue weighted by atomic mass is 10.2. The zero-order valence-electron chi connectivity index (χ0n) is 14.7. The first-order chi connectivity index (χ1) is 13.3. The van der Waals surface area contributed by atoms with E-state index in [1.54, 1.807) is 6.20 Å². The number of anilines is 1. The third-order valence-electron chi connectivity index (χ3n) is 4.20. The summed E-state index contributed by atoms with van der Waals surface area (Å²) in [6.07, 6.45) is 8.29. The van der Waals surface area contributed by atoms with Crippen LogP contribution >= 0.6 is 0 Å². The topological polar surface area (TPSA) is 76.2 Å². The maximum atomic E-state index is 12.1. The molecule has 2 N–H and O–H groups in total. The van der Waals surface area contributed by atoms with E-state index in [1.807, 2.05) is 76.2 Å². The number of carbonyl (C=O) groups excluding carboxylic acids is 1. The summed E-state index contributed by atoms with van der Waals surface area (Å²) in [6, 6.07) is 15.3. The molecule has 0 saturated carbocycles. The fraction of sp³-hybridized carbons (Fsp3) is 0.150. The van der Waals surface area contributed by atoms with E-state index in [1.165, 1.54) is 0 Å². The van der Waals surface area contributed by atoms with Crippen molar-refractivity contribution in [3.05, 3.63) is 84.6 Å². The van der Waals surface area contributed by atoms with Crippen LogP contribution in [0.5, 0.6) is 0 Å². The largest absolute Gasteiger partial charge is 0.337 e. The first-order valence-electron chi connectivity index (χ1n) is 8.80. The Labute approximate surface area is 156 Å². The van der Waals surface area contributed by atoms with Gasteiger partial charge in [-0.1, -0.05) is 18.2 Å². The fourth-order valence-corrected chi connectivity index (χ4v) is 2.86. The molecule has 27 heavy (non-hydrogen) atoms. The van der Waals surface area contributed by atoms with Crippen LogP contribution in [-0.2, 0) is 13.0 Å². The Bertz CT molecular complexity index is 987. The third kappa shape index (κ3) is 4.33. The highest BCUT2D eigenvalue weighted by molar-refractivity contribution is 5.89. The Morgan fingerprint density at radius 3 is 2.70 bits per heavy atom. The molecule has 0 bridgehead atoms. The van der Waals surface area contributed by atoms with Crippen LogP contribution in [0.1, 0.15) is 11.3 Å². The minimum atomic E-state index is -0.224. The molecular formula is C20H20N6O. The number of hydrogen-bond donors (Lipinski definition) is 2. The zero-order chi connectivity index (χ0) is 18.5. The molecule has 0 radical (unpaired) electrons. The van der Waals surface area contributed by atoms with Gasteiger partial charge in [-0.2, -0.15) is 5.10 Å². The molecule has 0 spiro atoms. The zero-order valence-corrected chi connectivity index (χ0v) is 14.7. The van der Waals surface area contributed by atoms with Crippen molar-refractivity contribution < 1.29 is 4.79 Å². The van der Waals surface area contributed by atoms with Gasteiger partial charge >= 0.3 is 6.03 Å². The third-order valence-corrected chi connectivity index (χ3v) is 4.20. The van der Waals surface area contributed by atoms with Crippen LogP contribution in [-0.4, -0.2) is 31.7 Å². The van der Waals surface area contributed by atoms with Gasteiger partial charge in [0.2, 0.25) is 0 Å². The van der Waals surface area contributed by atoms with Gasteiger partial charge in [0.15, 0.2) is 0 Å². The molecule has 4 aromatic rings. The summed E-state index contributed by atoms with van der Waals surface area (Å²) >= 11 is 0. The summed E-state index contributed by atoms with van der Waals surface area (Å²) in [5, 5.41) is 9.89. The molecule has 0 aliphatic carbocycles. The number of hydrogen-bond acceptors (Lipinski definition) is 3. The molecule has 1 aromatic carbocycles. The number of rotatable bonds is 6. The molecule has 7 heteroatoms. The number of urea groups is 1. The van der Waals surface area contributed by atoms with Crippen molar-refractivity contribution in [2.75, 3.05) is 11.9 Å². The summed E-state index contributed by atoms with van der Waals surface area (Å²) in [5.41, 5.74) is 3.73. The number of pyridine rings is 1. The fourth-order valence-electron chi connectivity index (χ4n) is 2.86. The van der Waals surface area contributed by atoms with E-state index in [0.717, 1.165) is 22.6 Å². The predicted octanol–water partition coefficient (Wildman–Crippen LogP) is 2.94. The number of carbonyl (C=O) groups is 1. The molecule has 0 aliphatic heterocycles. The minimum Gasteiger partial charge on any atom is -0.337 e. The van der Waals surface area contributed by atoms with E-state index in [0.29, 0.717) is 19.5 Å². The number of amides is 2. The van der Waals surface area contributed by atoms with Gasteiger partial charge < -0.3 is 15.0 Å². The predicted molar refractivity (Wildman–Crippen MR) is 104 cm³/mol. The summed E-state index contributed by atoms with van der Waals surface area (Å²) in [7, 11) is 0. The molecule has 3 aromatic heterocycles. The van der Waals surface area contributed by atoms with E-state index in [2.05, 4.69) is 20.7 Å². The maximum absolute atomic E-state index is 12.1. The average molecular weight is 360 g/mol. The highest BCUT2D eigenvalue weighted by atomic mass is 16.2. The van der Waals surface area contributed by atoms with Crippen LogP contribution in [0.25, 0.3) is 5.65 Å². The Morgan fingerprint density at radius 1 is 1.04 bits per heavy atom. The minimum absolute atomic E-state index is 0.224. The van der Waals surface area contributed by atoms with Crippen molar-refractivity contribution >= 4 is 17.4 Å².